The third-order valence-corrected chi connectivity index (χ3v) is 8.21. The number of hydrogen-bond acceptors (Lipinski definition) is 6. The molecule has 4 aliphatic heterocycles. The Bertz CT molecular complexity index is 887. The van der Waals surface area contributed by atoms with Gasteiger partial charge in [-0.3, -0.25) is 14.4 Å². The van der Waals surface area contributed by atoms with Gasteiger partial charge in [0.25, 0.3) is 0 Å². The van der Waals surface area contributed by atoms with Crippen LogP contribution in [0.3, 0.4) is 0 Å². The molecule has 34 heavy (non-hydrogen) atoms. The van der Waals surface area contributed by atoms with Gasteiger partial charge in [0.15, 0.2) is 0 Å². The van der Waals surface area contributed by atoms with Gasteiger partial charge in [-0.1, -0.05) is 58.3 Å². The maximum absolute atomic E-state index is 14.1. The molecule has 7 atom stereocenters. The largest absolute Gasteiger partial charge is 0.461 e. The van der Waals surface area contributed by atoms with E-state index in [4.69, 9.17) is 9.47 Å². The fourth-order valence-electron chi connectivity index (χ4n) is 6.27. The highest BCUT2D eigenvalue weighted by molar-refractivity contribution is 5.99. The molecule has 2 saturated heterocycles. The van der Waals surface area contributed by atoms with Crippen LogP contribution in [0.5, 0.6) is 0 Å². The topological polar surface area (TPSA) is 96.4 Å². The smallest absolute Gasteiger partial charge is 0.313 e. The number of carbonyl (C=O) groups excluding carboxylic acids is 3. The summed E-state index contributed by atoms with van der Waals surface area (Å²) < 4.78 is 12.1. The number of rotatable bonds is 8. The highest BCUT2D eigenvalue weighted by atomic mass is 16.6. The number of amides is 2. The number of esters is 1. The summed E-state index contributed by atoms with van der Waals surface area (Å²) in [5.41, 5.74) is -2.36. The lowest BCUT2D eigenvalue weighted by Gasteiger charge is -2.41. The van der Waals surface area contributed by atoms with Crippen LogP contribution >= 0.6 is 0 Å². The molecule has 0 aromatic carbocycles. The predicted molar refractivity (Wildman–Crippen MR) is 126 cm³/mol. The average molecular weight is 475 g/mol. The van der Waals surface area contributed by atoms with E-state index in [1.54, 1.807) is 28.9 Å². The van der Waals surface area contributed by atoms with Crippen molar-refractivity contribution in [1.82, 2.24) is 9.80 Å². The molecule has 0 radical (unpaired) electrons. The first-order valence-corrected chi connectivity index (χ1v) is 12.7. The van der Waals surface area contributed by atoms with Gasteiger partial charge in [0.05, 0.1) is 24.2 Å². The Kier molecular flexibility index (Phi) is 6.93. The first-order chi connectivity index (χ1) is 16.3. The minimum absolute atomic E-state index is 0.0363. The second-order valence-corrected chi connectivity index (χ2v) is 10.3. The highest BCUT2D eigenvalue weighted by Gasteiger charge is 2.75. The molecule has 2 fully saturated rings. The van der Waals surface area contributed by atoms with E-state index in [-0.39, 0.29) is 30.9 Å². The molecule has 4 rings (SSSR count). The SMILES string of the molecule is CCCCCN1CC=C[C@]23O[C@]4(C)C=CCOC(=O)[C@@H]4[C@H]2C(=O)N([C@@H](CO)[C@@H](C)CC)C3C1=O. The van der Waals surface area contributed by atoms with Crippen LogP contribution in [-0.2, 0) is 23.9 Å². The molecule has 4 aliphatic rings. The monoisotopic (exact) mass is 474 g/mol. The number of unbranched alkanes of at least 4 members (excludes halogenated alkanes) is 2. The van der Waals surface area contributed by atoms with E-state index >= 15 is 0 Å². The van der Waals surface area contributed by atoms with Crippen molar-refractivity contribution in [2.24, 2.45) is 17.8 Å². The van der Waals surface area contributed by atoms with E-state index in [0.717, 1.165) is 25.7 Å². The third-order valence-electron chi connectivity index (χ3n) is 8.21. The van der Waals surface area contributed by atoms with Crippen LogP contribution in [0.4, 0.5) is 0 Å². The lowest BCUT2D eigenvalue weighted by Crippen LogP contribution is -2.59. The van der Waals surface area contributed by atoms with Gasteiger partial charge in [-0.05, 0) is 25.3 Å². The summed E-state index contributed by atoms with van der Waals surface area (Å²) >= 11 is 0. The molecule has 188 valence electrons. The van der Waals surface area contributed by atoms with Crippen LogP contribution < -0.4 is 0 Å². The Morgan fingerprint density at radius 1 is 1.12 bits per heavy atom. The molecule has 8 nitrogen and oxygen atoms in total. The number of likely N-dealkylation sites (tertiary alicyclic amines) is 1. The summed E-state index contributed by atoms with van der Waals surface area (Å²) in [5.74, 6) is -2.80. The van der Waals surface area contributed by atoms with Crippen molar-refractivity contribution in [3.63, 3.8) is 0 Å². The van der Waals surface area contributed by atoms with Gasteiger partial charge in [-0.2, -0.15) is 0 Å². The Labute approximate surface area is 201 Å². The fourth-order valence-corrected chi connectivity index (χ4v) is 6.27. The standard InChI is InChI=1S/C26H38N2O6/c1-5-7-8-13-27-14-9-12-26-19(20-24(32)33-15-10-11-25(20,4)34-26)22(30)28(21(26)23(27)31)18(16-29)17(3)6-2/h9-12,17-21,29H,5-8,13-16H2,1-4H3/t17-,18-,19-,20-,21?,25+,26-/m0/s1. The number of hydrogen-bond donors (Lipinski definition) is 1. The van der Waals surface area contributed by atoms with Crippen LogP contribution in [0.2, 0.25) is 0 Å². The van der Waals surface area contributed by atoms with Gasteiger partial charge < -0.3 is 24.4 Å². The zero-order valence-electron chi connectivity index (χ0n) is 20.7. The molecule has 1 spiro atoms. The summed E-state index contributed by atoms with van der Waals surface area (Å²) in [6, 6.07) is -1.49. The van der Waals surface area contributed by atoms with Crippen LogP contribution in [0.15, 0.2) is 24.3 Å². The molecule has 0 aliphatic carbocycles. The van der Waals surface area contributed by atoms with Crippen molar-refractivity contribution in [3.05, 3.63) is 24.3 Å². The Balaban J connectivity index is 1.84. The Morgan fingerprint density at radius 3 is 2.56 bits per heavy atom. The van der Waals surface area contributed by atoms with Gasteiger partial charge in [0, 0.05) is 13.1 Å². The van der Waals surface area contributed by atoms with E-state index in [1.165, 1.54) is 0 Å². The van der Waals surface area contributed by atoms with Gasteiger partial charge >= 0.3 is 5.97 Å². The van der Waals surface area contributed by atoms with Crippen molar-refractivity contribution in [1.29, 1.82) is 0 Å². The first kappa shape index (κ1) is 24.9. The minimum atomic E-state index is -1.30. The van der Waals surface area contributed by atoms with Crippen molar-refractivity contribution >= 4 is 17.8 Å². The second kappa shape index (κ2) is 9.46. The van der Waals surface area contributed by atoms with E-state index in [0.29, 0.717) is 13.1 Å². The van der Waals surface area contributed by atoms with E-state index in [9.17, 15) is 19.5 Å². The molecular formula is C26H38N2O6. The number of nitrogens with zero attached hydrogens (tertiary/aromatic N) is 2. The highest BCUT2D eigenvalue weighted by Crippen LogP contribution is 2.57. The number of cyclic esters (lactones) is 1. The Morgan fingerprint density at radius 2 is 1.88 bits per heavy atom. The molecule has 0 aromatic heterocycles. The maximum Gasteiger partial charge on any atom is 0.313 e. The summed E-state index contributed by atoms with van der Waals surface area (Å²) in [6.07, 6.45) is 10.9. The van der Waals surface area contributed by atoms with Crippen LogP contribution in [-0.4, -0.2) is 82.3 Å². The summed E-state index contributed by atoms with van der Waals surface area (Å²) in [6.45, 7) is 8.75. The molecule has 0 saturated carbocycles. The Hall–Kier alpha value is -2.19. The van der Waals surface area contributed by atoms with Crippen molar-refractivity contribution in [2.45, 2.75) is 76.7 Å². The average Bonchev–Trinajstić information content (AvgIpc) is 3.07. The molecule has 4 heterocycles. The number of aliphatic hydroxyl groups excluding tert-OH is 1. The molecule has 2 amide bonds. The lowest BCUT2D eigenvalue weighted by atomic mass is 9.75. The molecule has 1 N–H and O–H groups in total. The summed E-state index contributed by atoms with van der Waals surface area (Å²) in [4.78, 5) is 44.7. The van der Waals surface area contributed by atoms with E-state index in [1.807, 2.05) is 26.0 Å². The van der Waals surface area contributed by atoms with Gasteiger partial charge in [-0.25, -0.2) is 0 Å². The van der Waals surface area contributed by atoms with Crippen LogP contribution in [0.1, 0.15) is 53.4 Å². The van der Waals surface area contributed by atoms with Gasteiger partial charge in [-0.15, -0.1) is 0 Å². The summed E-state index contributed by atoms with van der Waals surface area (Å²) in [7, 11) is 0. The van der Waals surface area contributed by atoms with Crippen LogP contribution in [0.25, 0.3) is 0 Å². The predicted octanol–water partition coefficient (Wildman–Crippen LogP) is 2.07. The van der Waals surface area contributed by atoms with E-state index in [2.05, 4.69) is 6.92 Å². The van der Waals surface area contributed by atoms with Crippen LogP contribution in [0, 0.1) is 17.8 Å². The number of ether oxygens (including phenoxy) is 2. The molecule has 0 aromatic rings. The fraction of sp³-hybridized carbons (Fsp3) is 0.731. The number of aliphatic hydroxyl groups is 1. The summed E-state index contributed by atoms with van der Waals surface area (Å²) in [5, 5.41) is 10.4. The number of fused-ring (bicyclic) bond motifs is 2. The second-order valence-electron chi connectivity index (χ2n) is 10.3. The van der Waals surface area contributed by atoms with Gasteiger partial charge in [0.1, 0.15) is 24.2 Å². The van der Waals surface area contributed by atoms with Crippen molar-refractivity contribution in [2.75, 3.05) is 26.3 Å². The van der Waals surface area contributed by atoms with Crippen molar-refractivity contribution < 1.29 is 29.0 Å². The quantitative estimate of drug-likeness (QED) is 0.329. The zero-order chi connectivity index (χ0) is 24.7. The van der Waals surface area contributed by atoms with Crippen molar-refractivity contribution in [3.8, 4) is 0 Å². The van der Waals surface area contributed by atoms with Gasteiger partial charge in [0.2, 0.25) is 11.8 Å². The molecule has 0 bridgehead atoms. The normalized spacial score (nSPS) is 36.5. The lowest BCUT2D eigenvalue weighted by molar-refractivity contribution is -0.160. The first-order valence-electron chi connectivity index (χ1n) is 12.7. The zero-order valence-corrected chi connectivity index (χ0v) is 20.7. The minimum Gasteiger partial charge on any atom is -0.461 e. The number of carbonyl (C=O) groups is 3. The molecule has 8 heteroatoms. The molecule has 1 unspecified atom stereocenters. The third kappa shape index (κ3) is 3.70. The van der Waals surface area contributed by atoms with E-state index < -0.39 is 41.1 Å². The molecular weight excluding hydrogens is 436 g/mol. The maximum atomic E-state index is 14.1.